The molecule has 3 fully saturated rings. The van der Waals surface area contributed by atoms with Gasteiger partial charge in [-0.25, -0.2) is 0 Å². The first kappa shape index (κ1) is 13.2. The van der Waals surface area contributed by atoms with Gasteiger partial charge in [-0.05, 0) is 75.2 Å². The summed E-state index contributed by atoms with van der Waals surface area (Å²) in [5.74, 6) is 1.94. The highest BCUT2D eigenvalue weighted by Gasteiger charge is 2.30. The Kier molecular flexibility index (Phi) is 4.25. The second-order valence-electron chi connectivity index (χ2n) is 6.79. The highest BCUT2D eigenvalue weighted by molar-refractivity contribution is 5.34. The van der Waals surface area contributed by atoms with Crippen LogP contribution in [0.4, 0.5) is 0 Å². The van der Waals surface area contributed by atoms with Crippen LogP contribution >= 0.6 is 0 Å². The Labute approximate surface area is 118 Å². The molecule has 3 rings (SSSR count). The minimum absolute atomic E-state index is 0.927. The van der Waals surface area contributed by atoms with Crippen molar-refractivity contribution in [2.45, 2.75) is 70.6 Å². The van der Waals surface area contributed by atoms with E-state index in [1.807, 2.05) is 0 Å². The van der Waals surface area contributed by atoms with Crippen molar-refractivity contribution in [1.29, 1.82) is 0 Å². The molecule has 0 aliphatic heterocycles. The van der Waals surface area contributed by atoms with Crippen LogP contribution in [0.5, 0.6) is 0 Å². The molecule has 2 unspecified atom stereocenters. The number of hydrogen-bond donors (Lipinski definition) is 0. The Morgan fingerprint density at radius 1 is 0.789 bits per heavy atom. The molecule has 0 heteroatoms. The summed E-state index contributed by atoms with van der Waals surface area (Å²) in [7, 11) is 0. The fraction of sp³-hybridized carbons (Fsp3) is 0.684. The second kappa shape index (κ2) is 6.11. The van der Waals surface area contributed by atoms with Gasteiger partial charge in [0.25, 0.3) is 0 Å². The normalized spacial score (nSPS) is 36.5. The smallest absolute Gasteiger partial charge is 0.0172 e. The lowest BCUT2D eigenvalue weighted by atomic mass is 9.68. The summed E-state index contributed by atoms with van der Waals surface area (Å²) < 4.78 is 0. The van der Waals surface area contributed by atoms with E-state index in [4.69, 9.17) is 0 Å². The summed E-state index contributed by atoms with van der Waals surface area (Å²) in [6.07, 6.45) is 20.3. The van der Waals surface area contributed by atoms with Gasteiger partial charge >= 0.3 is 0 Å². The van der Waals surface area contributed by atoms with E-state index < -0.39 is 0 Å². The Balaban J connectivity index is 1.74. The number of rotatable bonds is 1. The molecule has 0 N–H and O–H groups in total. The molecule has 3 saturated carbocycles. The van der Waals surface area contributed by atoms with Crippen molar-refractivity contribution in [1.82, 2.24) is 0 Å². The second-order valence-corrected chi connectivity index (χ2v) is 6.79. The van der Waals surface area contributed by atoms with Gasteiger partial charge < -0.3 is 0 Å². The van der Waals surface area contributed by atoms with Crippen LogP contribution in [0.1, 0.15) is 70.6 Å². The fourth-order valence-corrected chi connectivity index (χ4v) is 4.40. The highest BCUT2D eigenvalue weighted by Crippen LogP contribution is 2.43. The van der Waals surface area contributed by atoms with Crippen molar-refractivity contribution in [2.75, 3.05) is 0 Å². The molecule has 0 aromatic heterocycles. The molecule has 3 aliphatic rings. The standard InChI is InChI=1S/C19H28/c1-15-7-2-3-8-16(15)13-14-18-11-6-10-17-9-4-5-12-19(17)18/h13-14,17,19H,1-12H2/b16-13+,18-14-. The van der Waals surface area contributed by atoms with Gasteiger partial charge in [-0.3, -0.25) is 0 Å². The molecule has 0 heterocycles. The summed E-state index contributed by atoms with van der Waals surface area (Å²) >= 11 is 0. The Morgan fingerprint density at radius 2 is 1.58 bits per heavy atom. The maximum Gasteiger partial charge on any atom is -0.0172 e. The lowest BCUT2D eigenvalue weighted by Crippen LogP contribution is -2.25. The third kappa shape index (κ3) is 3.04. The van der Waals surface area contributed by atoms with Crippen LogP contribution in [-0.4, -0.2) is 0 Å². The molecule has 2 atom stereocenters. The largest absolute Gasteiger partial charge is 0.0956 e. The predicted molar refractivity (Wildman–Crippen MR) is 83.1 cm³/mol. The lowest BCUT2D eigenvalue weighted by Gasteiger charge is -2.37. The highest BCUT2D eigenvalue weighted by atomic mass is 14.4. The van der Waals surface area contributed by atoms with E-state index in [1.165, 1.54) is 81.8 Å². The zero-order chi connectivity index (χ0) is 13.1. The summed E-state index contributed by atoms with van der Waals surface area (Å²) in [6.45, 7) is 4.24. The summed E-state index contributed by atoms with van der Waals surface area (Å²) in [5.41, 5.74) is 4.71. The maximum atomic E-state index is 4.24. The molecule has 0 aromatic rings. The fourth-order valence-electron chi connectivity index (χ4n) is 4.40. The van der Waals surface area contributed by atoms with E-state index >= 15 is 0 Å². The number of allylic oxidation sites excluding steroid dienone is 5. The Morgan fingerprint density at radius 3 is 2.47 bits per heavy atom. The van der Waals surface area contributed by atoms with E-state index in [2.05, 4.69) is 18.7 Å². The minimum atomic E-state index is 0.927. The average molecular weight is 256 g/mol. The van der Waals surface area contributed by atoms with Crippen LogP contribution in [-0.2, 0) is 0 Å². The van der Waals surface area contributed by atoms with E-state index in [9.17, 15) is 0 Å². The van der Waals surface area contributed by atoms with Crippen LogP contribution in [0.3, 0.4) is 0 Å². The number of fused-ring (bicyclic) bond motifs is 1. The molecule has 0 bridgehead atoms. The van der Waals surface area contributed by atoms with Gasteiger partial charge in [0.1, 0.15) is 0 Å². The van der Waals surface area contributed by atoms with Gasteiger partial charge in [-0.2, -0.15) is 0 Å². The van der Waals surface area contributed by atoms with E-state index in [1.54, 1.807) is 5.57 Å². The zero-order valence-electron chi connectivity index (χ0n) is 12.3. The molecule has 0 spiro atoms. The first-order valence-corrected chi connectivity index (χ1v) is 8.42. The molecule has 0 saturated heterocycles. The summed E-state index contributed by atoms with van der Waals surface area (Å²) in [6, 6.07) is 0. The molecular formula is C19H28. The Hall–Kier alpha value is -0.780. The van der Waals surface area contributed by atoms with Gasteiger partial charge in [0.2, 0.25) is 0 Å². The van der Waals surface area contributed by atoms with E-state index in [0.29, 0.717) is 0 Å². The average Bonchev–Trinajstić information content (AvgIpc) is 2.46. The van der Waals surface area contributed by atoms with Crippen molar-refractivity contribution in [3.8, 4) is 0 Å². The molecule has 0 aromatic carbocycles. The van der Waals surface area contributed by atoms with Crippen molar-refractivity contribution in [3.05, 3.63) is 35.5 Å². The molecule has 3 aliphatic carbocycles. The van der Waals surface area contributed by atoms with Crippen molar-refractivity contribution in [2.24, 2.45) is 11.8 Å². The molecule has 104 valence electrons. The lowest BCUT2D eigenvalue weighted by molar-refractivity contribution is 0.223. The predicted octanol–water partition coefficient (Wildman–Crippen LogP) is 5.96. The first-order chi connectivity index (χ1) is 9.34. The van der Waals surface area contributed by atoms with Gasteiger partial charge in [0.15, 0.2) is 0 Å². The zero-order valence-corrected chi connectivity index (χ0v) is 12.3. The topological polar surface area (TPSA) is 0 Å². The quantitative estimate of drug-likeness (QED) is 0.543. The van der Waals surface area contributed by atoms with Crippen molar-refractivity contribution >= 4 is 0 Å². The number of hydrogen-bond acceptors (Lipinski definition) is 0. The molecule has 0 amide bonds. The minimum Gasteiger partial charge on any atom is -0.0956 e. The van der Waals surface area contributed by atoms with E-state index in [0.717, 1.165) is 11.8 Å². The Bertz CT molecular complexity index is 394. The van der Waals surface area contributed by atoms with Crippen LogP contribution in [0, 0.1) is 11.8 Å². The molecule has 0 nitrogen and oxygen atoms in total. The van der Waals surface area contributed by atoms with Gasteiger partial charge in [0, 0.05) is 0 Å². The maximum absolute atomic E-state index is 4.24. The van der Waals surface area contributed by atoms with Crippen molar-refractivity contribution < 1.29 is 0 Å². The third-order valence-electron chi connectivity index (χ3n) is 5.55. The summed E-state index contributed by atoms with van der Waals surface area (Å²) in [4.78, 5) is 0. The third-order valence-corrected chi connectivity index (χ3v) is 5.55. The summed E-state index contributed by atoms with van der Waals surface area (Å²) in [5, 5.41) is 0. The molecule has 19 heavy (non-hydrogen) atoms. The van der Waals surface area contributed by atoms with Gasteiger partial charge in [-0.1, -0.05) is 42.7 Å². The van der Waals surface area contributed by atoms with Crippen LogP contribution in [0.15, 0.2) is 35.5 Å². The van der Waals surface area contributed by atoms with Crippen LogP contribution in [0.2, 0.25) is 0 Å². The first-order valence-electron chi connectivity index (χ1n) is 8.42. The van der Waals surface area contributed by atoms with Crippen LogP contribution in [0.25, 0.3) is 0 Å². The van der Waals surface area contributed by atoms with Crippen LogP contribution < -0.4 is 0 Å². The monoisotopic (exact) mass is 256 g/mol. The van der Waals surface area contributed by atoms with Gasteiger partial charge in [0.05, 0.1) is 0 Å². The van der Waals surface area contributed by atoms with Gasteiger partial charge in [-0.15, -0.1) is 0 Å². The molecular weight excluding hydrogens is 228 g/mol. The SMILES string of the molecule is C=C1CCCC/C1=C\C=C1\CCCC2CCCCC12. The van der Waals surface area contributed by atoms with E-state index in [-0.39, 0.29) is 0 Å². The van der Waals surface area contributed by atoms with Crippen molar-refractivity contribution in [3.63, 3.8) is 0 Å². The molecule has 0 radical (unpaired) electrons.